The van der Waals surface area contributed by atoms with Gasteiger partial charge in [-0.25, -0.2) is 9.55 Å². The maximum atomic E-state index is 13.2. The number of hydrogen-bond donors (Lipinski definition) is 2. The fourth-order valence-corrected chi connectivity index (χ4v) is 4.66. The number of aromatic hydroxyl groups is 2. The molecule has 5 aromatic rings. The van der Waals surface area contributed by atoms with E-state index in [2.05, 4.69) is 4.98 Å². The number of thiazole rings is 1. The molecule has 0 saturated carbocycles. The summed E-state index contributed by atoms with van der Waals surface area (Å²) in [6.45, 7) is 3.47. The van der Waals surface area contributed by atoms with Crippen molar-refractivity contribution < 1.29 is 23.8 Å². The molecule has 156 valence electrons. The van der Waals surface area contributed by atoms with Crippen LogP contribution in [-0.2, 0) is 0 Å². The highest BCUT2D eigenvalue weighted by atomic mass is 35.5. The van der Waals surface area contributed by atoms with Gasteiger partial charge in [0.2, 0.25) is 11.7 Å². The van der Waals surface area contributed by atoms with E-state index in [0.29, 0.717) is 27.2 Å². The lowest BCUT2D eigenvalue weighted by atomic mass is 10.1. The molecule has 4 heterocycles. The smallest absolute Gasteiger partial charge is 0.242 e. The van der Waals surface area contributed by atoms with Crippen LogP contribution in [0.2, 0.25) is 5.02 Å². The highest BCUT2D eigenvalue weighted by molar-refractivity contribution is 7.20. The second kappa shape index (κ2) is 7.04. The summed E-state index contributed by atoms with van der Waals surface area (Å²) in [7, 11) is 0. The summed E-state index contributed by atoms with van der Waals surface area (Å²) in [6.07, 6.45) is 0. The zero-order chi connectivity index (χ0) is 21.9. The highest BCUT2D eigenvalue weighted by Crippen LogP contribution is 2.45. The Morgan fingerprint density at radius 1 is 1.06 bits per heavy atom. The largest absolute Gasteiger partial charge is 0.503 e. The Kier molecular flexibility index (Phi) is 4.42. The van der Waals surface area contributed by atoms with Crippen molar-refractivity contribution in [3.63, 3.8) is 0 Å². The third-order valence-corrected chi connectivity index (χ3v) is 6.05. The van der Waals surface area contributed by atoms with Crippen molar-refractivity contribution in [1.82, 2.24) is 9.55 Å². The molecule has 0 bridgehead atoms. The molecule has 0 atom stereocenters. The van der Waals surface area contributed by atoms with E-state index in [1.165, 1.54) is 22.0 Å². The van der Waals surface area contributed by atoms with Crippen LogP contribution in [0.5, 0.6) is 11.6 Å². The van der Waals surface area contributed by atoms with Gasteiger partial charge in [0.1, 0.15) is 22.8 Å². The van der Waals surface area contributed by atoms with Crippen molar-refractivity contribution in [1.29, 1.82) is 0 Å². The molecule has 0 saturated heterocycles. The van der Waals surface area contributed by atoms with Crippen LogP contribution < -0.4 is 0 Å². The first-order valence-corrected chi connectivity index (χ1v) is 10.4. The molecule has 0 fully saturated rings. The predicted molar refractivity (Wildman–Crippen MR) is 117 cm³/mol. The topological polar surface area (TPSA) is 102 Å². The number of benzene rings is 1. The van der Waals surface area contributed by atoms with Crippen molar-refractivity contribution in [3.05, 3.63) is 70.3 Å². The molecule has 9 heteroatoms. The number of nitrogens with zero attached hydrogens (tertiary/aromatic N) is 2. The SMILES string of the molecule is Cc1ccc(C(=O)c2c(O)c(O)n(-c3nc4ccc(Cl)cc4s3)c2-c2ccc(C)o2)o1. The van der Waals surface area contributed by atoms with Gasteiger partial charge in [0.15, 0.2) is 22.4 Å². The quantitative estimate of drug-likeness (QED) is 0.330. The Hall–Kier alpha value is -3.49. The number of rotatable bonds is 4. The van der Waals surface area contributed by atoms with Crippen LogP contribution in [-0.4, -0.2) is 25.5 Å². The van der Waals surface area contributed by atoms with Gasteiger partial charge in [-0.15, -0.1) is 0 Å². The summed E-state index contributed by atoms with van der Waals surface area (Å²) >= 11 is 7.34. The molecule has 0 radical (unpaired) electrons. The molecule has 0 amide bonds. The van der Waals surface area contributed by atoms with Gasteiger partial charge < -0.3 is 19.0 Å². The zero-order valence-corrected chi connectivity index (χ0v) is 17.9. The average Bonchev–Trinajstić information content (AvgIpc) is 3.49. The van der Waals surface area contributed by atoms with E-state index >= 15 is 0 Å². The zero-order valence-electron chi connectivity index (χ0n) is 16.3. The van der Waals surface area contributed by atoms with E-state index in [0.717, 1.165) is 4.70 Å². The monoisotopic (exact) mass is 454 g/mol. The summed E-state index contributed by atoms with van der Waals surface area (Å²) < 4.78 is 13.3. The van der Waals surface area contributed by atoms with Crippen LogP contribution in [0, 0.1) is 13.8 Å². The standard InChI is InChI=1S/C22H15ClN2O5S/c1-10-3-7-14(29-10)18-17(19(26)15-8-4-11(2)30-15)20(27)21(28)25(18)22-24-13-6-5-12(23)9-16(13)31-22/h3-9,27-28H,1-2H3. The van der Waals surface area contributed by atoms with E-state index in [-0.39, 0.29) is 22.8 Å². The number of fused-ring (bicyclic) bond motifs is 1. The number of furan rings is 2. The molecule has 7 nitrogen and oxygen atoms in total. The number of aryl methyl sites for hydroxylation is 2. The second-order valence-electron chi connectivity index (χ2n) is 6.99. The van der Waals surface area contributed by atoms with Gasteiger partial charge in [-0.2, -0.15) is 0 Å². The molecule has 2 N–H and O–H groups in total. The minimum Gasteiger partial charge on any atom is -0.503 e. The number of ketones is 1. The van der Waals surface area contributed by atoms with Crippen molar-refractivity contribution in [2.75, 3.05) is 0 Å². The first-order valence-electron chi connectivity index (χ1n) is 9.24. The number of hydrogen-bond acceptors (Lipinski definition) is 7. The summed E-state index contributed by atoms with van der Waals surface area (Å²) in [6, 6.07) is 11.8. The van der Waals surface area contributed by atoms with Gasteiger partial charge in [-0.3, -0.25) is 4.79 Å². The van der Waals surface area contributed by atoms with Crippen LogP contribution in [0.15, 0.2) is 51.3 Å². The molecule has 0 aliphatic carbocycles. The van der Waals surface area contributed by atoms with Gasteiger partial charge in [-0.1, -0.05) is 22.9 Å². The first-order chi connectivity index (χ1) is 14.8. The molecular formula is C22H15ClN2O5S. The summed E-state index contributed by atoms with van der Waals surface area (Å²) in [5, 5.41) is 22.5. The minimum atomic E-state index is -0.590. The normalized spacial score (nSPS) is 11.5. The van der Waals surface area contributed by atoms with Crippen molar-refractivity contribution >= 4 is 38.9 Å². The molecule has 0 spiro atoms. The predicted octanol–water partition coefficient (Wildman–Crippen LogP) is 5.85. The molecule has 4 aromatic heterocycles. The lowest BCUT2D eigenvalue weighted by Gasteiger charge is -2.06. The Balaban J connectivity index is 1.81. The molecule has 1 aromatic carbocycles. The van der Waals surface area contributed by atoms with Crippen molar-refractivity contribution in [2.24, 2.45) is 0 Å². The maximum absolute atomic E-state index is 13.2. The Bertz CT molecular complexity index is 1470. The van der Waals surface area contributed by atoms with Crippen LogP contribution >= 0.6 is 22.9 Å². The van der Waals surface area contributed by atoms with E-state index < -0.39 is 17.4 Å². The van der Waals surface area contributed by atoms with E-state index in [1.54, 1.807) is 50.2 Å². The Morgan fingerprint density at radius 2 is 1.81 bits per heavy atom. The number of aromatic nitrogens is 2. The van der Waals surface area contributed by atoms with Crippen LogP contribution in [0.4, 0.5) is 0 Å². The second-order valence-corrected chi connectivity index (χ2v) is 8.43. The third-order valence-electron chi connectivity index (χ3n) is 4.82. The van der Waals surface area contributed by atoms with Crippen LogP contribution in [0.1, 0.15) is 27.6 Å². The Morgan fingerprint density at radius 3 is 2.48 bits per heavy atom. The van der Waals surface area contributed by atoms with Crippen molar-refractivity contribution in [3.8, 4) is 28.2 Å². The molecule has 5 rings (SSSR count). The fraction of sp³-hybridized carbons (Fsp3) is 0.0909. The third kappa shape index (κ3) is 3.11. The number of halogens is 1. The molecule has 0 unspecified atom stereocenters. The molecule has 0 aliphatic rings. The van der Waals surface area contributed by atoms with Crippen LogP contribution in [0.3, 0.4) is 0 Å². The average molecular weight is 455 g/mol. The maximum Gasteiger partial charge on any atom is 0.242 e. The van der Waals surface area contributed by atoms with E-state index in [9.17, 15) is 15.0 Å². The van der Waals surface area contributed by atoms with Gasteiger partial charge in [0.05, 0.1) is 10.2 Å². The van der Waals surface area contributed by atoms with E-state index in [4.69, 9.17) is 20.4 Å². The van der Waals surface area contributed by atoms with Gasteiger partial charge in [0.25, 0.3) is 0 Å². The molecular weight excluding hydrogens is 440 g/mol. The van der Waals surface area contributed by atoms with Gasteiger partial charge in [-0.05, 0) is 56.3 Å². The lowest BCUT2D eigenvalue weighted by molar-refractivity contribution is 0.101. The first kappa shape index (κ1) is 19.5. The summed E-state index contributed by atoms with van der Waals surface area (Å²) in [4.78, 5) is 17.8. The Labute approximate surface area is 184 Å². The van der Waals surface area contributed by atoms with E-state index in [1.807, 2.05) is 0 Å². The minimum absolute atomic E-state index is 0.0329. The fourth-order valence-electron chi connectivity index (χ4n) is 3.41. The highest BCUT2D eigenvalue weighted by Gasteiger charge is 2.33. The summed E-state index contributed by atoms with van der Waals surface area (Å²) in [5.74, 6) is -0.230. The lowest BCUT2D eigenvalue weighted by Crippen LogP contribution is -2.03. The summed E-state index contributed by atoms with van der Waals surface area (Å²) in [5.41, 5.74) is 0.693. The van der Waals surface area contributed by atoms with Gasteiger partial charge >= 0.3 is 0 Å². The number of carbonyl (C=O) groups is 1. The van der Waals surface area contributed by atoms with Crippen molar-refractivity contribution in [2.45, 2.75) is 13.8 Å². The number of carbonyl (C=O) groups excluding carboxylic acids is 1. The van der Waals surface area contributed by atoms with Gasteiger partial charge in [0, 0.05) is 5.02 Å². The van der Waals surface area contributed by atoms with Crippen LogP contribution in [0.25, 0.3) is 26.8 Å². The molecule has 0 aliphatic heterocycles. The molecule has 31 heavy (non-hydrogen) atoms.